The number of carboxylic acids is 1. The molecule has 1 aromatic carbocycles. The second-order valence-electron chi connectivity index (χ2n) is 3.49. The predicted molar refractivity (Wildman–Crippen MR) is 57.5 cm³/mol. The van der Waals surface area contributed by atoms with Gasteiger partial charge in [-0.15, -0.1) is 0 Å². The summed E-state index contributed by atoms with van der Waals surface area (Å²) >= 11 is 0. The van der Waals surface area contributed by atoms with E-state index in [0.29, 0.717) is 0 Å². The van der Waals surface area contributed by atoms with Gasteiger partial charge >= 0.3 is 5.97 Å². The van der Waals surface area contributed by atoms with Crippen molar-refractivity contribution in [2.24, 2.45) is 5.73 Å². The lowest BCUT2D eigenvalue weighted by molar-refractivity contribution is -0.137. The summed E-state index contributed by atoms with van der Waals surface area (Å²) in [5, 5.41) is 9.73. The Morgan fingerprint density at radius 3 is 3.00 bits per heavy atom. The fraction of sp³-hybridized carbons (Fsp3) is 0.182. The van der Waals surface area contributed by atoms with E-state index in [2.05, 4.69) is 4.98 Å². The van der Waals surface area contributed by atoms with E-state index < -0.39 is 12.0 Å². The lowest BCUT2D eigenvalue weighted by Gasteiger charge is -2.10. The van der Waals surface area contributed by atoms with E-state index in [1.807, 2.05) is 30.5 Å². The van der Waals surface area contributed by atoms with Gasteiger partial charge in [-0.2, -0.15) is 0 Å². The van der Waals surface area contributed by atoms with Crippen molar-refractivity contribution in [2.45, 2.75) is 12.5 Å². The van der Waals surface area contributed by atoms with Crippen LogP contribution in [0.5, 0.6) is 0 Å². The Labute approximate surface area is 86.7 Å². The number of carbonyl (C=O) groups is 1. The molecule has 0 aliphatic rings. The highest BCUT2D eigenvalue weighted by Gasteiger charge is 2.13. The first-order chi connectivity index (χ1) is 7.18. The second-order valence-corrected chi connectivity index (χ2v) is 3.49. The van der Waals surface area contributed by atoms with Crippen LogP contribution in [-0.4, -0.2) is 16.1 Å². The Kier molecular flexibility index (Phi) is 2.43. The van der Waals surface area contributed by atoms with E-state index in [0.717, 1.165) is 16.5 Å². The first kappa shape index (κ1) is 9.73. The summed E-state index contributed by atoms with van der Waals surface area (Å²) in [6.45, 7) is 0. The monoisotopic (exact) mass is 204 g/mol. The van der Waals surface area contributed by atoms with Crippen LogP contribution in [0, 0.1) is 0 Å². The van der Waals surface area contributed by atoms with Crippen LogP contribution in [0.2, 0.25) is 0 Å². The SMILES string of the molecule is NC(CC(=O)O)c1cccc2cc[nH]c12. The number of benzene rings is 1. The van der Waals surface area contributed by atoms with Crippen LogP contribution in [0.1, 0.15) is 18.0 Å². The maximum Gasteiger partial charge on any atom is 0.305 e. The number of para-hydroxylation sites is 1. The van der Waals surface area contributed by atoms with Crippen molar-refractivity contribution in [3.05, 3.63) is 36.0 Å². The minimum atomic E-state index is -0.883. The van der Waals surface area contributed by atoms with Gasteiger partial charge in [0.25, 0.3) is 0 Å². The zero-order valence-corrected chi connectivity index (χ0v) is 8.10. The van der Waals surface area contributed by atoms with Gasteiger partial charge in [0.05, 0.1) is 11.9 Å². The molecule has 0 amide bonds. The molecule has 0 fully saturated rings. The molecule has 1 aromatic heterocycles. The molecule has 0 spiro atoms. The number of aromatic amines is 1. The maximum atomic E-state index is 10.6. The van der Waals surface area contributed by atoms with Crippen molar-refractivity contribution in [3.8, 4) is 0 Å². The molecule has 0 aliphatic carbocycles. The minimum absolute atomic E-state index is 0.0574. The van der Waals surface area contributed by atoms with Gasteiger partial charge in [0.2, 0.25) is 0 Å². The van der Waals surface area contributed by atoms with Crippen LogP contribution in [0.3, 0.4) is 0 Å². The van der Waals surface area contributed by atoms with Crippen LogP contribution in [-0.2, 0) is 4.79 Å². The number of hydrogen-bond donors (Lipinski definition) is 3. The number of aliphatic carboxylic acids is 1. The largest absolute Gasteiger partial charge is 0.481 e. The fourth-order valence-electron chi connectivity index (χ4n) is 1.72. The molecule has 4 N–H and O–H groups in total. The molecule has 0 aliphatic heterocycles. The molecule has 1 unspecified atom stereocenters. The molecular formula is C11H12N2O2. The molecule has 0 saturated carbocycles. The number of fused-ring (bicyclic) bond motifs is 1. The second kappa shape index (κ2) is 3.74. The molecule has 1 atom stereocenters. The third-order valence-corrected chi connectivity index (χ3v) is 2.41. The molecule has 0 saturated heterocycles. The summed E-state index contributed by atoms with van der Waals surface area (Å²) in [6, 6.07) is 7.17. The van der Waals surface area contributed by atoms with Gasteiger partial charge < -0.3 is 15.8 Å². The molecule has 0 bridgehead atoms. The third-order valence-electron chi connectivity index (χ3n) is 2.41. The number of H-pyrrole nitrogens is 1. The summed E-state index contributed by atoms with van der Waals surface area (Å²) in [7, 11) is 0. The van der Waals surface area contributed by atoms with Crippen molar-refractivity contribution in [2.75, 3.05) is 0 Å². The van der Waals surface area contributed by atoms with E-state index in [-0.39, 0.29) is 6.42 Å². The van der Waals surface area contributed by atoms with Gasteiger partial charge in [-0.25, -0.2) is 0 Å². The number of nitrogens with two attached hydrogens (primary N) is 1. The van der Waals surface area contributed by atoms with Crippen molar-refractivity contribution in [1.82, 2.24) is 4.98 Å². The molecular weight excluding hydrogens is 192 g/mol. The van der Waals surface area contributed by atoms with Gasteiger partial charge in [-0.05, 0) is 17.0 Å². The molecule has 4 heteroatoms. The number of rotatable bonds is 3. The number of carboxylic acid groups (broad SMARTS) is 1. The first-order valence-corrected chi connectivity index (χ1v) is 4.72. The Hall–Kier alpha value is -1.81. The van der Waals surface area contributed by atoms with Crippen LogP contribution in [0.4, 0.5) is 0 Å². The van der Waals surface area contributed by atoms with E-state index in [1.165, 1.54) is 0 Å². The average Bonchev–Trinajstić information content (AvgIpc) is 2.63. The molecule has 2 aromatic rings. The normalized spacial score (nSPS) is 12.9. The van der Waals surface area contributed by atoms with Crippen LogP contribution in [0.15, 0.2) is 30.5 Å². The maximum absolute atomic E-state index is 10.6. The van der Waals surface area contributed by atoms with E-state index >= 15 is 0 Å². The number of hydrogen-bond acceptors (Lipinski definition) is 2. The summed E-state index contributed by atoms with van der Waals surface area (Å²) < 4.78 is 0. The predicted octanol–water partition coefficient (Wildman–Crippen LogP) is 1.64. The van der Waals surface area contributed by atoms with E-state index in [9.17, 15) is 4.79 Å². The van der Waals surface area contributed by atoms with E-state index in [1.54, 1.807) is 0 Å². The molecule has 2 rings (SSSR count). The summed E-state index contributed by atoms with van der Waals surface area (Å²) in [5.41, 5.74) is 7.59. The third kappa shape index (κ3) is 1.85. The Balaban J connectivity index is 2.42. The van der Waals surface area contributed by atoms with Gasteiger partial charge in [-0.3, -0.25) is 4.79 Å². The zero-order chi connectivity index (χ0) is 10.8. The van der Waals surface area contributed by atoms with Gasteiger partial charge in [0.15, 0.2) is 0 Å². The highest BCUT2D eigenvalue weighted by atomic mass is 16.4. The molecule has 4 nitrogen and oxygen atoms in total. The first-order valence-electron chi connectivity index (χ1n) is 4.72. The Morgan fingerprint density at radius 1 is 1.47 bits per heavy atom. The number of nitrogens with one attached hydrogen (secondary N) is 1. The van der Waals surface area contributed by atoms with E-state index in [4.69, 9.17) is 10.8 Å². The lowest BCUT2D eigenvalue weighted by atomic mass is 10.0. The molecule has 1 heterocycles. The molecule has 0 radical (unpaired) electrons. The van der Waals surface area contributed by atoms with Gasteiger partial charge in [-0.1, -0.05) is 18.2 Å². The van der Waals surface area contributed by atoms with Gasteiger partial charge in [0.1, 0.15) is 0 Å². The topological polar surface area (TPSA) is 79.1 Å². The van der Waals surface area contributed by atoms with Crippen LogP contribution >= 0.6 is 0 Å². The van der Waals surface area contributed by atoms with Crippen molar-refractivity contribution >= 4 is 16.9 Å². The fourth-order valence-corrected chi connectivity index (χ4v) is 1.72. The van der Waals surface area contributed by atoms with Crippen LogP contribution < -0.4 is 5.73 Å². The lowest BCUT2D eigenvalue weighted by Crippen LogP contribution is -2.15. The van der Waals surface area contributed by atoms with Crippen LogP contribution in [0.25, 0.3) is 10.9 Å². The van der Waals surface area contributed by atoms with Gasteiger partial charge in [0, 0.05) is 12.2 Å². The average molecular weight is 204 g/mol. The standard InChI is InChI=1S/C11H12N2O2/c12-9(6-10(14)15)8-3-1-2-7-4-5-13-11(7)8/h1-5,9,13H,6,12H2,(H,14,15). The smallest absolute Gasteiger partial charge is 0.305 e. The van der Waals surface area contributed by atoms with Crippen molar-refractivity contribution in [1.29, 1.82) is 0 Å². The minimum Gasteiger partial charge on any atom is -0.481 e. The summed E-state index contributed by atoms with van der Waals surface area (Å²) in [5.74, 6) is -0.883. The van der Waals surface area contributed by atoms with Crippen molar-refractivity contribution in [3.63, 3.8) is 0 Å². The Bertz CT molecular complexity index is 490. The van der Waals surface area contributed by atoms with Crippen molar-refractivity contribution < 1.29 is 9.90 Å². The molecule has 78 valence electrons. The zero-order valence-electron chi connectivity index (χ0n) is 8.10. The molecule has 15 heavy (non-hydrogen) atoms. The number of aromatic nitrogens is 1. The Morgan fingerprint density at radius 2 is 2.27 bits per heavy atom. The summed E-state index contributed by atoms with van der Waals surface area (Å²) in [6.07, 6.45) is 1.76. The highest BCUT2D eigenvalue weighted by Crippen LogP contribution is 2.23. The quantitative estimate of drug-likeness (QED) is 0.711. The highest BCUT2D eigenvalue weighted by molar-refractivity contribution is 5.83. The summed E-state index contributed by atoms with van der Waals surface area (Å²) in [4.78, 5) is 13.6.